The highest BCUT2D eigenvalue weighted by Crippen LogP contribution is 2.44. The Kier molecular flexibility index (Phi) is 4.80. The zero-order valence-corrected chi connectivity index (χ0v) is 16.3. The van der Waals surface area contributed by atoms with Crippen molar-refractivity contribution in [2.75, 3.05) is 4.72 Å². The lowest BCUT2D eigenvalue weighted by molar-refractivity contribution is 0.0997. The first-order valence-corrected chi connectivity index (χ1v) is 10.1. The Morgan fingerprint density at radius 1 is 1.19 bits per heavy atom. The number of primary amides is 1. The van der Waals surface area contributed by atoms with E-state index >= 15 is 0 Å². The van der Waals surface area contributed by atoms with Crippen LogP contribution in [-0.4, -0.2) is 24.5 Å². The highest BCUT2D eigenvalue weighted by Gasteiger charge is 2.29. The van der Waals surface area contributed by atoms with Gasteiger partial charge in [0.15, 0.2) is 11.5 Å². The van der Waals surface area contributed by atoms with Crippen molar-refractivity contribution in [2.45, 2.75) is 23.7 Å². The summed E-state index contributed by atoms with van der Waals surface area (Å²) in [6, 6.07) is 5.42. The minimum atomic E-state index is -4.30. The molecule has 0 heterocycles. The number of benzene rings is 2. The van der Waals surface area contributed by atoms with Crippen LogP contribution in [0.5, 0.6) is 11.5 Å². The van der Waals surface area contributed by atoms with Crippen molar-refractivity contribution in [1.29, 1.82) is 0 Å². The first-order valence-electron chi connectivity index (χ1n) is 7.47. The van der Waals surface area contributed by atoms with Crippen LogP contribution in [0.25, 0.3) is 0 Å². The molecule has 1 aliphatic carbocycles. The third kappa shape index (κ3) is 3.60. The number of carbonyl (C=O) groups is 1. The maximum atomic E-state index is 12.7. The fourth-order valence-electron chi connectivity index (χ4n) is 2.52. The van der Waals surface area contributed by atoms with E-state index in [0.29, 0.717) is 10.0 Å². The molecule has 0 atom stereocenters. The molecule has 2 aromatic carbocycles. The van der Waals surface area contributed by atoms with Crippen molar-refractivity contribution in [1.82, 2.24) is 0 Å². The average molecular weight is 462 g/mol. The number of sulfonamides is 1. The van der Waals surface area contributed by atoms with Gasteiger partial charge in [-0.2, -0.15) is 0 Å². The number of halogens is 2. The van der Waals surface area contributed by atoms with E-state index in [1.165, 1.54) is 24.3 Å². The van der Waals surface area contributed by atoms with E-state index in [-0.39, 0.29) is 22.2 Å². The first-order chi connectivity index (χ1) is 12.1. The lowest BCUT2D eigenvalue weighted by atomic mass is 10.0. The number of hydrogen-bond acceptors (Lipinski definition) is 5. The lowest BCUT2D eigenvalue weighted by Crippen LogP contribution is -2.16. The van der Waals surface area contributed by atoms with Crippen molar-refractivity contribution in [2.24, 2.45) is 5.73 Å². The van der Waals surface area contributed by atoms with Gasteiger partial charge in [-0.1, -0.05) is 27.5 Å². The molecule has 3 rings (SSSR count). The molecule has 0 radical (unpaired) electrons. The summed E-state index contributed by atoms with van der Waals surface area (Å²) in [4.78, 5) is 11.1. The molecule has 0 bridgehead atoms. The summed E-state index contributed by atoms with van der Waals surface area (Å²) < 4.78 is 27.9. The number of rotatable bonds is 5. The summed E-state index contributed by atoms with van der Waals surface area (Å²) in [6.07, 6.45) is 1.80. The molecular formula is C16H14BrClN2O5S. The van der Waals surface area contributed by atoms with Gasteiger partial charge in [0, 0.05) is 4.47 Å². The number of nitrogens with two attached hydrogens (primary N) is 1. The second kappa shape index (κ2) is 6.64. The molecule has 0 aliphatic heterocycles. The maximum Gasteiger partial charge on any atom is 0.265 e. The van der Waals surface area contributed by atoms with Crippen molar-refractivity contribution in [3.63, 3.8) is 0 Å². The van der Waals surface area contributed by atoms with E-state index in [2.05, 4.69) is 20.7 Å². The molecule has 138 valence electrons. The number of amides is 1. The van der Waals surface area contributed by atoms with Gasteiger partial charge in [0.1, 0.15) is 4.90 Å². The number of phenols is 2. The van der Waals surface area contributed by atoms with Crippen LogP contribution in [0.15, 0.2) is 33.6 Å². The van der Waals surface area contributed by atoms with E-state index < -0.39 is 32.3 Å². The van der Waals surface area contributed by atoms with E-state index in [0.717, 1.165) is 12.8 Å². The molecular weight excluding hydrogens is 448 g/mol. The standard InChI is InChI=1S/C16H14BrClN2O5S/c17-9-5-11(18)15(22)13(6-9)26(24,25)20-12-4-8(7-1-2-7)3-10(14(12)21)16(19)23/h3-7,20-22H,1-2H2,(H2,19,23). The Morgan fingerprint density at radius 2 is 1.85 bits per heavy atom. The van der Waals surface area contributed by atoms with Crippen molar-refractivity contribution in [3.05, 3.63) is 44.9 Å². The third-order valence-corrected chi connectivity index (χ3v) is 6.10. The minimum absolute atomic E-state index is 0.159. The summed E-state index contributed by atoms with van der Waals surface area (Å²) in [5.74, 6) is -1.90. The SMILES string of the molecule is NC(=O)c1cc(C2CC2)cc(NS(=O)(=O)c2cc(Br)cc(Cl)c2O)c1O. The van der Waals surface area contributed by atoms with E-state index in [1.54, 1.807) is 0 Å². The van der Waals surface area contributed by atoms with Crippen molar-refractivity contribution >= 4 is 49.1 Å². The van der Waals surface area contributed by atoms with Crippen LogP contribution in [0.1, 0.15) is 34.7 Å². The Hall–Kier alpha value is -1.97. The van der Waals surface area contributed by atoms with Crippen LogP contribution >= 0.6 is 27.5 Å². The number of hydrogen-bond donors (Lipinski definition) is 4. The van der Waals surface area contributed by atoms with E-state index in [9.17, 15) is 23.4 Å². The second-order valence-corrected chi connectivity index (χ2v) is 8.92. The summed E-state index contributed by atoms with van der Waals surface area (Å²) in [7, 11) is -4.30. The molecule has 1 amide bonds. The number of phenolic OH excluding ortho intramolecular Hbond substituents is 1. The van der Waals surface area contributed by atoms with Gasteiger partial charge in [-0.3, -0.25) is 9.52 Å². The summed E-state index contributed by atoms with van der Waals surface area (Å²) in [6.45, 7) is 0. The fourth-order valence-corrected chi connectivity index (χ4v) is 4.74. The van der Waals surface area contributed by atoms with Crippen molar-refractivity contribution in [3.8, 4) is 11.5 Å². The van der Waals surface area contributed by atoms with Crippen LogP contribution in [0.4, 0.5) is 5.69 Å². The quantitative estimate of drug-likeness (QED) is 0.508. The van der Waals surface area contributed by atoms with Gasteiger partial charge < -0.3 is 15.9 Å². The van der Waals surface area contributed by atoms with Crippen LogP contribution in [0.2, 0.25) is 5.02 Å². The lowest BCUT2D eigenvalue weighted by Gasteiger charge is -2.15. The monoisotopic (exact) mass is 460 g/mol. The maximum absolute atomic E-state index is 12.7. The fraction of sp³-hybridized carbons (Fsp3) is 0.188. The zero-order chi connectivity index (χ0) is 19.2. The molecule has 0 saturated heterocycles. The van der Waals surface area contributed by atoms with Gasteiger partial charge in [0.05, 0.1) is 16.3 Å². The van der Waals surface area contributed by atoms with Crippen LogP contribution < -0.4 is 10.5 Å². The van der Waals surface area contributed by atoms with Crippen LogP contribution in [-0.2, 0) is 10.0 Å². The van der Waals surface area contributed by atoms with Gasteiger partial charge in [0.25, 0.3) is 15.9 Å². The Bertz CT molecular complexity index is 1020. The predicted molar refractivity (Wildman–Crippen MR) is 100 cm³/mol. The predicted octanol–water partition coefficient (Wildman–Crippen LogP) is 3.29. The number of nitrogens with one attached hydrogen (secondary N) is 1. The van der Waals surface area contributed by atoms with E-state index in [4.69, 9.17) is 17.3 Å². The third-order valence-electron chi connectivity index (χ3n) is 3.97. The molecule has 26 heavy (non-hydrogen) atoms. The number of carbonyl (C=O) groups excluding carboxylic acids is 1. The molecule has 0 aromatic heterocycles. The van der Waals surface area contributed by atoms with Gasteiger partial charge in [0.2, 0.25) is 0 Å². The smallest absolute Gasteiger partial charge is 0.265 e. The largest absolute Gasteiger partial charge is 0.505 e. The Morgan fingerprint density at radius 3 is 2.42 bits per heavy atom. The molecule has 2 aromatic rings. The topological polar surface area (TPSA) is 130 Å². The minimum Gasteiger partial charge on any atom is -0.505 e. The van der Waals surface area contributed by atoms with E-state index in [1.807, 2.05) is 0 Å². The van der Waals surface area contributed by atoms with Gasteiger partial charge in [-0.05, 0) is 48.6 Å². The van der Waals surface area contributed by atoms with Crippen LogP contribution in [0.3, 0.4) is 0 Å². The molecule has 1 fully saturated rings. The van der Waals surface area contributed by atoms with Gasteiger partial charge in [-0.15, -0.1) is 0 Å². The highest BCUT2D eigenvalue weighted by molar-refractivity contribution is 9.10. The zero-order valence-electron chi connectivity index (χ0n) is 13.2. The number of anilines is 1. The van der Waals surface area contributed by atoms with Gasteiger partial charge >= 0.3 is 0 Å². The molecule has 0 unspecified atom stereocenters. The average Bonchev–Trinajstić information content (AvgIpc) is 3.37. The highest BCUT2D eigenvalue weighted by atomic mass is 79.9. The Labute approximate surface area is 163 Å². The Balaban J connectivity index is 2.09. The van der Waals surface area contributed by atoms with Crippen molar-refractivity contribution < 1.29 is 23.4 Å². The normalized spacial score (nSPS) is 14.2. The summed E-state index contributed by atoms with van der Waals surface area (Å²) in [5.41, 5.74) is 5.60. The molecule has 1 saturated carbocycles. The van der Waals surface area contributed by atoms with Crippen LogP contribution in [0, 0.1) is 0 Å². The summed E-state index contributed by atoms with van der Waals surface area (Å²) >= 11 is 8.93. The number of aromatic hydroxyl groups is 2. The first kappa shape index (κ1) is 18.8. The molecule has 7 nitrogen and oxygen atoms in total. The molecule has 0 spiro atoms. The van der Waals surface area contributed by atoms with Gasteiger partial charge in [-0.25, -0.2) is 8.42 Å². The second-order valence-electron chi connectivity index (χ2n) is 5.94. The molecule has 1 aliphatic rings. The summed E-state index contributed by atoms with van der Waals surface area (Å²) in [5, 5.41) is 20.1. The molecule has 10 heteroatoms. The molecule has 5 N–H and O–H groups in total.